The normalized spacial score (nSPS) is 12.9. The second kappa shape index (κ2) is 5.20. The van der Waals surface area contributed by atoms with Gasteiger partial charge in [-0.1, -0.05) is 0 Å². The van der Waals surface area contributed by atoms with Crippen LogP contribution in [0.3, 0.4) is 0 Å². The Morgan fingerprint density at radius 2 is 2.11 bits per heavy atom. The molecule has 2 rings (SSSR count). The van der Waals surface area contributed by atoms with Crippen LogP contribution in [0.1, 0.15) is 39.8 Å². The van der Waals surface area contributed by atoms with Crippen LogP contribution in [0.5, 0.6) is 0 Å². The van der Waals surface area contributed by atoms with Crippen LogP contribution in [0, 0.1) is 20.8 Å². The monoisotopic (exact) mass is 264 g/mol. The average molecular weight is 264 g/mol. The summed E-state index contributed by atoms with van der Waals surface area (Å²) in [5.74, 6) is 0. The van der Waals surface area contributed by atoms with E-state index in [9.17, 15) is 0 Å². The molecule has 0 aliphatic heterocycles. The number of rotatable bonds is 4. The molecule has 1 atom stereocenters. The summed E-state index contributed by atoms with van der Waals surface area (Å²) in [5.41, 5.74) is 3.62. The van der Waals surface area contributed by atoms with E-state index >= 15 is 0 Å². The molecule has 2 heterocycles. The molecule has 2 aromatic rings. The van der Waals surface area contributed by atoms with E-state index in [2.05, 4.69) is 43.1 Å². The lowest BCUT2D eigenvalue weighted by molar-refractivity contribution is 0.569. The smallest absolute Gasteiger partial charge is 0.109 e. The van der Waals surface area contributed by atoms with E-state index in [0.717, 1.165) is 17.2 Å². The van der Waals surface area contributed by atoms with E-state index in [1.807, 2.05) is 17.9 Å². The Bertz CT molecular complexity index is 541. The fourth-order valence-electron chi connectivity index (χ4n) is 1.99. The highest BCUT2D eigenvalue weighted by atomic mass is 32.1. The van der Waals surface area contributed by atoms with Gasteiger partial charge in [0.05, 0.1) is 11.7 Å². The zero-order valence-electron chi connectivity index (χ0n) is 11.6. The number of nitrogens with one attached hydrogen (secondary N) is 1. The van der Waals surface area contributed by atoms with Crippen LogP contribution in [0.25, 0.3) is 0 Å². The third-order valence-corrected chi connectivity index (χ3v) is 4.35. The summed E-state index contributed by atoms with van der Waals surface area (Å²) in [7, 11) is 1.99. The molecule has 0 radical (unpaired) electrons. The lowest BCUT2D eigenvalue weighted by Crippen LogP contribution is -2.18. The summed E-state index contributed by atoms with van der Waals surface area (Å²) < 4.78 is 1.94. The molecule has 0 bridgehead atoms. The minimum Gasteiger partial charge on any atom is -0.304 e. The molecule has 0 saturated carbocycles. The molecule has 1 unspecified atom stereocenters. The lowest BCUT2D eigenvalue weighted by Gasteiger charge is -2.11. The van der Waals surface area contributed by atoms with E-state index in [1.165, 1.54) is 16.1 Å². The first kappa shape index (κ1) is 13.2. The van der Waals surface area contributed by atoms with Crippen molar-refractivity contribution < 1.29 is 0 Å². The topological polar surface area (TPSA) is 42.7 Å². The number of aromatic nitrogens is 3. The molecule has 0 spiro atoms. The average Bonchev–Trinajstić information content (AvgIpc) is 2.83. The van der Waals surface area contributed by atoms with Crippen molar-refractivity contribution in [2.75, 3.05) is 0 Å². The maximum absolute atomic E-state index is 4.43. The number of aryl methyl sites for hydroxylation is 3. The highest BCUT2D eigenvalue weighted by molar-refractivity contribution is 7.11. The second-order valence-electron chi connectivity index (χ2n) is 4.68. The van der Waals surface area contributed by atoms with Gasteiger partial charge in [0, 0.05) is 35.9 Å². The first-order chi connectivity index (χ1) is 8.49. The van der Waals surface area contributed by atoms with Gasteiger partial charge in [-0.3, -0.25) is 4.68 Å². The maximum atomic E-state index is 4.43. The fraction of sp³-hybridized carbons (Fsp3) is 0.538. The van der Waals surface area contributed by atoms with Crippen molar-refractivity contribution in [3.05, 3.63) is 33.0 Å². The Balaban J connectivity index is 2.03. The maximum Gasteiger partial charge on any atom is 0.109 e. The fourth-order valence-corrected chi connectivity index (χ4v) is 2.79. The zero-order valence-corrected chi connectivity index (χ0v) is 12.4. The lowest BCUT2D eigenvalue weighted by atomic mass is 10.2. The highest BCUT2D eigenvalue weighted by Gasteiger charge is 2.13. The summed E-state index contributed by atoms with van der Waals surface area (Å²) in [5, 5.41) is 9.09. The van der Waals surface area contributed by atoms with Crippen LogP contribution in [-0.2, 0) is 13.6 Å². The number of hydrogen-bond donors (Lipinski definition) is 1. The predicted octanol–water partition coefficient (Wildman–Crippen LogP) is 2.65. The van der Waals surface area contributed by atoms with Crippen molar-refractivity contribution in [1.29, 1.82) is 0 Å². The molecule has 0 aromatic carbocycles. The van der Waals surface area contributed by atoms with E-state index in [0.29, 0.717) is 0 Å². The molecule has 1 N–H and O–H groups in total. The van der Waals surface area contributed by atoms with Crippen molar-refractivity contribution in [3.8, 4) is 0 Å². The van der Waals surface area contributed by atoms with Crippen molar-refractivity contribution in [1.82, 2.24) is 20.1 Å². The van der Waals surface area contributed by atoms with Crippen LogP contribution < -0.4 is 5.32 Å². The molecule has 0 saturated heterocycles. The zero-order chi connectivity index (χ0) is 13.3. The standard InChI is InChI=1S/C13H20N4S/c1-8-6-15-13(18-8)10(3)14-7-12-9(2)16-17(5)11(12)4/h6,10,14H,7H2,1-5H3. The molecule has 2 aromatic heterocycles. The van der Waals surface area contributed by atoms with Crippen LogP contribution in [0.15, 0.2) is 6.20 Å². The summed E-state index contributed by atoms with van der Waals surface area (Å²) >= 11 is 1.75. The molecule has 0 aliphatic carbocycles. The molecule has 0 aliphatic rings. The first-order valence-corrected chi connectivity index (χ1v) is 6.95. The van der Waals surface area contributed by atoms with Gasteiger partial charge in [0.25, 0.3) is 0 Å². The van der Waals surface area contributed by atoms with E-state index in [4.69, 9.17) is 0 Å². The Morgan fingerprint density at radius 1 is 1.39 bits per heavy atom. The Morgan fingerprint density at radius 3 is 2.61 bits per heavy atom. The van der Waals surface area contributed by atoms with E-state index in [-0.39, 0.29) is 6.04 Å². The van der Waals surface area contributed by atoms with E-state index < -0.39 is 0 Å². The molecular formula is C13H20N4S. The minimum atomic E-state index is 0.280. The molecule has 5 heteroatoms. The summed E-state index contributed by atoms with van der Waals surface area (Å²) in [6.07, 6.45) is 1.93. The number of nitrogens with zero attached hydrogens (tertiary/aromatic N) is 3. The second-order valence-corrected chi connectivity index (χ2v) is 5.95. The van der Waals surface area contributed by atoms with Gasteiger partial charge in [0.1, 0.15) is 5.01 Å². The van der Waals surface area contributed by atoms with Crippen LogP contribution in [0.4, 0.5) is 0 Å². The first-order valence-electron chi connectivity index (χ1n) is 6.13. The number of thiazole rings is 1. The van der Waals surface area contributed by atoms with Gasteiger partial charge in [-0.25, -0.2) is 4.98 Å². The SMILES string of the molecule is Cc1cnc(C(C)NCc2c(C)nn(C)c2C)s1. The molecule has 0 amide bonds. The van der Waals surface area contributed by atoms with Crippen molar-refractivity contribution in [2.45, 2.75) is 40.3 Å². The third kappa shape index (κ3) is 2.62. The molecule has 98 valence electrons. The van der Waals surface area contributed by atoms with Gasteiger partial charge < -0.3 is 5.32 Å². The van der Waals surface area contributed by atoms with Gasteiger partial charge in [-0.05, 0) is 27.7 Å². The quantitative estimate of drug-likeness (QED) is 0.923. The summed E-state index contributed by atoms with van der Waals surface area (Å²) in [6, 6.07) is 0.280. The van der Waals surface area contributed by atoms with Crippen LogP contribution >= 0.6 is 11.3 Å². The Labute approximate surface area is 112 Å². The van der Waals surface area contributed by atoms with Crippen molar-refractivity contribution >= 4 is 11.3 Å². The van der Waals surface area contributed by atoms with Gasteiger partial charge in [0.2, 0.25) is 0 Å². The van der Waals surface area contributed by atoms with Crippen LogP contribution in [0.2, 0.25) is 0 Å². The number of hydrogen-bond acceptors (Lipinski definition) is 4. The van der Waals surface area contributed by atoms with Crippen molar-refractivity contribution in [3.63, 3.8) is 0 Å². The van der Waals surface area contributed by atoms with Crippen molar-refractivity contribution in [2.24, 2.45) is 7.05 Å². The van der Waals surface area contributed by atoms with Crippen LogP contribution in [-0.4, -0.2) is 14.8 Å². The molecule has 4 nitrogen and oxygen atoms in total. The van der Waals surface area contributed by atoms with Gasteiger partial charge in [-0.15, -0.1) is 11.3 Å². The predicted molar refractivity (Wildman–Crippen MR) is 74.8 cm³/mol. The molecule has 18 heavy (non-hydrogen) atoms. The molecular weight excluding hydrogens is 244 g/mol. The summed E-state index contributed by atoms with van der Waals surface area (Å²) in [4.78, 5) is 5.67. The van der Waals surface area contributed by atoms with Gasteiger partial charge in [-0.2, -0.15) is 5.10 Å². The highest BCUT2D eigenvalue weighted by Crippen LogP contribution is 2.20. The van der Waals surface area contributed by atoms with Gasteiger partial charge in [0.15, 0.2) is 0 Å². The molecule has 0 fully saturated rings. The van der Waals surface area contributed by atoms with Gasteiger partial charge >= 0.3 is 0 Å². The third-order valence-electron chi connectivity index (χ3n) is 3.25. The Hall–Kier alpha value is -1.20. The minimum absolute atomic E-state index is 0.280. The summed E-state index contributed by atoms with van der Waals surface area (Å²) in [6.45, 7) is 9.24. The Kier molecular flexibility index (Phi) is 3.82. The van der Waals surface area contributed by atoms with E-state index in [1.54, 1.807) is 11.3 Å². The largest absolute Gasteiger partial charge is 0.304 e.